The number of amides is 1. The van der Waals surface area contributed by atoms with Crippen LogP contribution in [0.15, 0.2) is 48.5 Å². The van der Waals surface area contributed by atoms with Gasteiger partial charge in [-0.15, -0.1) is 23.2 Å². The van der Waals surface area contributed by atoms with Crippen molar-refractivity contribution in [3.63, 3.8) is 0 Å². The van der Waals surface area contributed by atoms with Gasteiger partial charge in [0.2, 0.25) is 0 Å². The molecule has 0 bridgehead atoms. The van der Waals surface area contributed by atoms with E-state index >= 15 is 0 Å². The summed E-state index contributed by atoms with van der Waals surface area (Å²) in [5.41, 5.74) is 2.03. The number of nitrogens with zero attached hydrogens (tertiary/aromatic N) is 1. The smallest absolute Gasteiger partial charge is 0.255 e. The molecular weight excluding hydrogens is 338 g/mol. The molecule has 0 radical (unpaired) electrons. The van der Waals surface area contributed by atoms with Gasteiger partial charge in [0, 0.05) is 41.8 Å². The van der Waals surface area contributed by atoms with E-state index in [1.807, 2.05) is 12.1 Å². The fourth-order valence-corrected chi connectivity index (χ4v) is 2.54. The predicted molar refractivity (Wildman–Crippen MR) is 94.4 cm³/mol. The van der Waals surface area contributed by atoms with Gasteiger partial charge in [-0.3, -0.25) is 4.79 Å². The van der Waals surface area contributed by atoms with Crippen LogP contribution in [0.4, 0.5) is 15.8 Å². The van der Waals surface area contributed by atoms with Crippen LogP contribution in [-0.2, 0) is 0 Å². The highest BCUT2D eigenvalue weighted by atomic mass is 35.5. The number of hydrogen-bond donors (Lipinski definition) is 1. The highest BCUT2D eigenvalue weighted by Crippen LogP contribution is 2.17. The summed E-state index contributed by atoms with van der Waals surface area (Å²) in [4.78, 5) is 14.2. The van der Waals surface area contributed by atoms with Gasteiger partial charge in [0.25, 0.3) is 5.91 Å². The van der Waals surface area contributed by atoms with Gasteiger partial charge in [-0.25, -0.2) is 4.39 Å². The molecule has 23 heavy (non-hydrogen) atoms. The van der Waals surface area contributed by atoms with E-state index in [4.69, 9.17) is 23.2 Å². The molecule has 1 amide bonds. The first kappa shape index (κ1) is 17.6. The number of hydrogen-bond acceptors (Lipinski definition) is 2. The lowest BCUT2D eigenvalue weighted by Crippen LogP contribution is -2.27. The number of carbonyl (C=O) groups excluding carboxylic acids is 1. The molecule has 3 nitrogen and oxygen atoms in total. The quantitative estimate of drug-likeness (QED) is 0.749. The number of nitrogens with one attached hydrogen (secondary N) is 1. The Hall–Kier alpha value is -1.78. The molecule has 0 aliphatic heterocycles. The fraction of sp³-hybridized carbons (Fsp3) is 0.235. The summed E-state index contributed by atoms with van der Waals surface area (Å²) in [5.74, 6) is 0.420. The largest absolute Gasteiger partial charge is 0.369 e. The Morgan fingerprint density at radius 2 is 1.52 bits per heavy atom. The molecule has 0 heterocycles. The highest BCUT2D eigenvalue weighted by Gasteiger charge is 2.09. The summed E-state index contributed by atoms with van der Waals surface area (Å²) in [6.45, 7) is 1.38. The number of halogens is 3. The van der Waals surface area contributed by atoms with Gasteiger partial charge in [-0.2, -0.15) is 0 Å². The van der Waals surface area contributed by atoms with Crippen molar-refractivity contribution in [1.82, 2.24) is 0 Å². The monoisotopic (exact) mass is 354 g/mol. The Balaban J connectivity index is 2.05. The van der Waals surface area contributed by atoms with Crippen LogP contribution in [0.25, 0.3) is 0 Å². The van der Waals surface area contributed by atoms with Crippen LogP contribution in [0.5, 0.6) is 0 Å². The number of carbonyl (C=O) groups is 1. The normalized spacial score (nSPS) is 10.4. The third-order valence-electron chi connectivity index (χ3n) is 3.31. The molecule has 0 saturated carbocycles. The van der Waals surface area contributed by atoms with E-state index in [-0.39, 0.29) is 11.7 Å². The second-order valence-corrected chi connectivity index (χ2v) is 5.63. The second-order valence-electron chi connectivity index (χ2n) is 4.87. The minimum Gasteiger partial charge on any atom is -0.369 e. The summed E-state index contributed by atoms with van der Waals surface area (Å²) >= 11 is 11.6. The van der Waals surface area contributed by atoms with Crippen molar-refractivity contribution in [3.8, 4) is 0 Å². The summed E-state index contributed by atoms with van der Waals surface area (Å²) in [6, 6.07) is 12.8. The lowest BCUT2D eigenvalue weighted by molar-refractivity contribution is 0.102. The zero-order chi connectivity index (χ0) is 16.7. The van der Waals surface area contributed by atoms with Crippen molar-refractivity contribution in [1.29, 1.82) is 0 Å². The van der Waals surface area contributed by atoms with Crippen molar-refractivity contribution in [2.75, 3.05) is 35.1 Å². The molecule has 0 spiro atoms. The van der Waals surface area contributed by atoms with Gasteiger partial charge < -0.3 is 10.2 Å². The van der Waals surface area contributed by atoms with Crippen LogP contribution < -0.4 is 10.2 Å². The van der Waals surface area contributed by atoms with Gasteiger partial charge in [0.05, 0.1) is 0 Å². The Morgan fingerprint density at radius 1 is 0.957 bits per heavy atom. The van der Waals surface area contributed by atoms with Crippen LogP contribution in [0.2, 0.25) is 0 Å². The molecule has 122 valence electrons. The number of anilines is 2. The minimum atomic E-state index is -0.342. The standard InChI is InChI=1S/C17H17Cl2FN2O/c18-9-11-22(12-10-19)16-7-1-13(2-8-16)17(23)21-15-5-3-14(20)4-6-15/h1-8H,9-12H2,(H,21,23). The van der Waals surface area contributed by atoms with E-state index < -0.39 is 0 Å². The molecule has 2 rings (SSSR count). The number of alkyl halides is 2. The summed E-state index contributed by atoms with van der Waals surface area (Å²) in [7, 11) is 0. The molecular formula is C17H17Cl2FN2O. The van der Waals surface area contributed by atoms with Gasteiger partial charge >= 0.3 is 0 Å². The molecule has 0 fully saturated rings. The maximum Gasteiger partial charge on any atom is 0.255 e. The number of rotatable bonds is 7. The van der Waals surface area contributed by atoms with E-state index in [1.54, 1.807) is 12.1 Å². The van der Waals surface area contributed by atoms with Crippen molar-refractivity contribution in [2.45, 2.75) is 0 Å². The van der Waals surface area contributed by atoms with Gasteiger partial charge in [-0.1, -0.05) is 0 Å². The third kappa shape index (κ3) is 5.12. The maximum atomic E-state index is 12.9. The molecule has 2 aromatic carbocycles. The lowest BCUT2D eigenvalue weighted by atomic mass is 10.1. The number of benzene rings is 2. The van der Waals surface area contributed by atoms with E-state index in [2.05, 4.69) is 10.2 Å². The van der Waals surface area contributed by atoms with Crippen molar-refractivity contribution >= 4 is 40.5 Å². The molecule has 0 aromatic heterocycles. The van der Waals surface area contributed by atoms with Crippen molar-refractivity contribution in [3.05, 3.63) is 59.9 Å². The molecule has 0 unspecified atom stereocenters. The Labute approximate surface area is 145 Å². The molecule has 2 aromatic rings. The Morgan fingerprint density at radius 3 is 2.04 bits per heavy atom. The Bertz CT molecular complexity index is 626. The van der Waals surface area contributed by atoms with Crippen LogP contribution in [0.3, 0.4) is 0 Å². The molecule has 0 saturated heterocycles. The first-order valence-corrected chi connectivity index (χ1v) is 8.25. The second kappa shape index (κ2) is 8.75. The summed E-state index contributed by atoms with van der Waals surface area (Å²) < 4.78 is 12.9. The highest BCUT2D eigenvalue weighted by molar-refractivity contribution is 6.18. The average Bonchev–Trinajstić information content (AvgIpc) is 2.57. The fourth-order valence-electron chi connectivity index (χ4n) is 2.13. The van der Waals surface area contributed by atoms with Crippen LogP contribution >= 0.6 is 23.2 Å². The van der Waals surface area contributed by atoms with E-state index in [0.29, 0.717) is 36.1 Å². The minimum absolute atomic E-state index is 0.246. The SMILES string of the molecule is O=C(Nc1ccc(F)cc1)c1ccc(N(CCCl)CCCl)cc1. The van der Waals surface area contributed by atoms with Crippen molar-refractivity contribution < 1.29 is 9.18 Å². The average molecular weight is 355 g/mol. The van der Waals surface area contributed by atoms with E-state index in [1.165, 1.54) is 24.3 Å². The first-order valence-electron chi connectivity index (χ1n) is 7.18. The topological polar surface area (TPSA) is 32.3 Å². The van der Waals surface area contributed by atoms with Gasteiger partial charge in [0.15, 0.2) is 0 Å². The zero-order valence-electron chi connectivity index (χ0n) is 12.4. The van der Waals surface area contributed by atoms with Gasteiger partial charge in [-0.05, 0) is 48.5 Å². The first-order chi connectivity index (χ1) is 11.1. The predicted octanol–water partition coefficient (Wildman–Crippen LogP) is 4.36. The summed E-state index contributed by atoms with van der Waals surface area (Å²) in [6.07, 6.45) is 0. The third-order valence-corrected chi connectivity index (χ3v) is 3.64. The summed E-state index contributed by atoms with van der Waals surface area (Å²) in [5, 5.41) is 2.72. The Kier molecular flexibility index (Phi) is 6.68. The van der Waals surface area contributed by atoms with Crippen LogP contribution in [0, 0.1) is 5.82 Å². The molecule has 6 heteroatoms. The molecule has 0 aliphatic carbocycles. The van der Waals surface area contributed by atoms with Crippen molar-refractivity contribution in [2.24, 2.45) is 0 Å². The van der Waals surface area contributed by atoms with E-state index in [0.717, 1.165) is 5.69 Å². The van der Waals surface area contributed by atoms with Crippen LogP contribution in [0.1, 0.15) is 10.4 Å². The molecule has 0 aliphatic rings. The molecule has 0 atom stereocenters. The maximum absolute atomic E-state index is 12.9. The molecule has 1 N–H and O–H groups in total. The van der Waals surface area contributed by atoms with E-state index in [9.17, 15) is 9.18 Å². The zero-order valence-corrected chi connectivity index (χ0v) is 13.9. The lowest BCUT2D eigenvalue weighted by Gasteiger charge is -2.22. The van der Waals surface area contributed by atoms with Gasteiger partial charge in [0.1, 0.15) is 5.82 Å². The van der Waals surface area contributed by atoms with Crippen LogP contribution in [-0.4, -0.2) is 30.8 Å².